The Morgan fingerprint density at radius 3 is 1.26 bits per heavy atom. The van der Waals surface area contributed by atoms with Crippen molar-refractivity contribution >= 4 is 87.9 Å². The number of imidazole rings is 2. The molecule has 14 nitrogen and oxygen atoms in total. The molecule has 14 heteroatoms. The van der Waals surface area contributed by atoms with Crippen molar-refractivity contribution in [2.24, 2.45) is 49.3 Å². The van der Waals surface area contributed by atoms with E-state index < -0.39 is 0 Å². The molecule has 0 bridgehead atoms. The Balaban J connectivity index is 0.000000393. The van der Waals surface area contributed by atoms with E-state index in [-0.39, 0.29) is 0 Å². The summed E-state index contributed by atoms with van der Waals surface area (Å²) in [5.41, 5.74) is 28.2. The van der Waals surface area contributed by atoms with Crippen LogP contribution in [0.25, 0.3) is 87.9 Å². The van der Waals surface area contributed by atoms with Crippen LogP contribution in [0.2, 0.25) is 0 Å². The average Bonchev–Trinajstić information content (AvgIpc) is 1.60. The fourth-order valence-electron chi connectivity index (χ4n) is 12.0. The molecule has 12 heterocycles. The topological polar surface area (TPSA) is 125 Å². The third kappa shape index (κ3) is 20.8. The molecule has 0 radical (unpaired) electrons. The highest BCUT2D eigenvalue weighted by molar-refractivity contribution is 6.08. The van der Waals surface area contributed by atoms with Crippen LogP contribution in [0.15, 0.2) is 140 Å². The van der Waals surface area contributed by atoms with Gasteiger partial charge in [-0.15, -0.1) is 0 Å². The van der Waals surface area contributed by atoms with Crippen molar-refractivity contribution in [3.05, 3.63) is 219 Å². The Kier molecular flexibility index (Phi) is 37.4. The standard InChI is InChI=1S/C14H14N2.C11H13N.4C10H12N2.C9H11N3.7C2H6/c1-9-6-7-11-12-5-4-8-15-14(12)16(3)13(11)10(9)2;1-8-5-4-6-10-7-9(2)12(3)11(8)10;1-7-5-11-6-9-4-8(2)12(3)10(7)9;1-7-6-9-4-5-11-8(2)10(9)12(7)3;1-7-4-5-11-9-6-8(2)12(3)10(7)9;1-7-5-4-6-9-10(7)12(3)8(2)11-9;1-6-4-5-10-9-8(6)12(3)7(2)11-9;7*1-2/h4-8H,1-3H3;4-7H,1-3H3;4*4-6H,1-3H3;4-5H,1-3H3;7*1-2H3. The largest absolute Gasteiger partial charge is 0.348 e. The fraction of sp³-hybridized carbons (Fsp3) is 0.398. The zero-order valence-corrected chi connectivity index (χ0v) is 69.5. The molecule has 0 aliphatic heterocycles. The Morgan fingerprint density at radius 2 is 0.725 bits per heavy atom. The van der Waals surface area contributed by atoms with Gasteiger partial charge in [-0.1, -0.05) is 139 Å². The van der Waals surface area contributed by atoms with Crippen molar-refractivity contribution in [1.82, 2.24) is 66.9 Å². The van der Waals surface area contributed by atoms with Crippen molar-refractivity contribution < 1.29 is 0 Å². The third-order valence-electron chi connectivity index (χ3n) is 17.5. The molecule has 3 aromatic carbocycles. The number of benzene rings is 3. The summed E-state index contributed by atoms with van der Waals surface area (Å²) in [4.78, 5) is 30.1. The predicted octanol–water partition coefficient (Wildman–Crippen LogP) is 23.7. The van der Waals surface area contributed by atoms with Crippen LogP contribution in [-0.4, -0.2) is 66.9 Å². The summed E-state index contributed by atoms with van der Waals surface area (Å²) in [6.45, 7) is 57.4. The third-order valence-corrected chi connectivity index (χ3v) is 17.5. The van der Waals surface area contributed by atoms with Crippen LogP contribution in [0.5, 0.6) is 0 Å². The van der Waals surface area contributed by atoms with Crippen LogP contribution in [0, 0.1) is 96.9 Å². The molecule has 0 saturated heterocycles. The smallest absolute Gasteiger partial charge is 0.178 e. The summed E-state index contributed by atoms with van der Waals surface area (Å²) in [5, 5.41) is 6.39. The number of para-hydroxylation sites is 2. The highest BCUT2D eigenvalue weighted by atomic mass is 15.1. The minimum atomic E-state index is 0.843. The zero-order chi connectivity index (χ0) is 77.6. The second kappa shape index (κ2) is 43.2. The van der Waals surface area contributed by atoms with Crippen LogP contribution >= 0.6 is 0 Å². The number of fused-ring (bicyclic) bond motifs is 9. The van der Waals surface area contributed by atoms with Gasteiger partial charge in [0.2, 0.25) is 0 Å². The maximum atomic E-state index is 4.45. The molecule has 0 spiro atoms. The summed E-state index contributed by atoms with van der Waals surface area (Å²) in [6.07, 6.45) is 11.2. The van der Waals surface area contributed by atoms with Gasteiger partial charge in [-0.05, 0) is 197 Å². The van der Waals surface area contributed by atoms with Crippen molar-refractivity contribution in [2.75, 3.05) is 0 Å². The number of nitrogens with zero attached hydrogens (tertiary/aromatic N) is 14. The minimum Gasteiger partial charge on any atom is -0.348 e. The summed E-state index contributed by atoms with van der Waals surface area (Å²) in [7, 11) is 14.5. The number of hydrogen-bond donors (Lipinski definition) is 0. The first-order valence-corrected chi connectivity index (χ1v) is 37.0. The Morgan fingerprint density at radius 1 is 0.275 bits per heavy atom. The molecule has 0 saturated carbocycles. The summed E-state index contributed by atoms with van der Waals surface area (Å²) >= 11 is 0. The van der Waals surface area contributed by atoms with E-state index in [9.17, 15) is 0 Å². The molecular formula is C88H128N14. The van der Waals surface area contributed by atoms with E-state index in [2.05, 4.69) is 264 Å². The van der Waals surface area contributed by atoms with E-state index in [4.69, 9.17) is 0 Å². The number of aryl methyl sites for hydroxylation is 21. The van der Waals surface area contributed by atoms with Crippen molar-refractivity contribution in [1.29, 1.82) is 0 Å². The second-order valence-corrected chi connectivity index (χ2v) is 23.5. The maximum absolute atomic E-state index is 4.45. The highest BCUT2D eigenvalue weighted by Crippen LogP contribution is 2.31. The molecule has 550 valence electrons. The molecule has 0 fully saturated rings. The lowest BCUT2D eigenvalue weighted by Crippen LogP contribution is -1.92. The summed E-state index contributed by atoms with van der Waals surface area (Å²) in [5.74, 6) is 2.08. The molecular weight excluding hydrogens is 1250 g/mol. The lowest BCUT2D eigenvalue weighted by Gasteiger charge is -2.04. The van der Waals surface area contributed by atoms with E-state index in [1.807, 2.05) is 180 Å². The number of hydrogen-bond acceptors (Lipinski definition) is 7. The lowest BCUT2D eigenvalue weighted by atomic mass is 10.1. The van der Waals surface area contributed by atoms with E-state index in [0.717, 1.165) is 45.2 Å². The zero-order valence-electron chi connectivity index (χ0n) is 69.5. The van der Waals surface area contributed by atoms with Gasteiger partial charge >= 0.3 is 0 Å². The summed E-state index contributed by atoms with van der Waals surface area (Å²) < 4.78 is 15.2. The van der Waals surface area contributed by atoms with E-state index in [0.29, 0.717) is 0 Å². The van der Waals surface area contributed by atoms with Crippen LogP contribution in [0.4, 0.5) is 0 Å². The maximum Gasteiger partial charge on any atom is 0.178 e. The first kappa shape index (κ1) is 88.4. The number of aromatic nitrogens is 14. The molecule has 0 aliphatic rings. The van der Waals surface area contributed by atoms with Crippen LogP contribution in [-0.2, 0) is 49.3 Å². The average molecular weight is 1380 g/mol. The normalized spacial score (nSPS) is 9.91. The molecule has 15 rings (SSSR count). The molecule has 15 aromatic rings. The van der Waals surface area contributed by atoms with Gasteiger partial charge in [0.05, 0.1) is 55.3 Å². The minimum absolute atomic E-state index is 0.843. The lowest BCUT2D eigenvalue weighted by molar-refractivity contribution is 0.883. The van der Waals surface area contributed by atoms with Gasteiger partial charge < -0.3 is 32.0 Å². The van der Waals surface area contributed by atoms with Gasteiger partial charge in [0.1, 0.15) is 17.3 Å². The van der Waals surface area contributed by atoms with Crippen LogP contribution in [0.1, 0.15) is 176 Å². The molecule has 0 amide bonds. The van der Waals surface area contributed by atoms with E-state index >= 15 is 0 Å². The first-order chi connectivity index (χ1) is 48.9. The van der Waals surface area contributed by atoms with Gasteiger partial charge in [-0.2, -0.15) is 0 Å². The van der Waals surface area contributed by atoms with Crippen molar-refractivity contribution in [3.63, 3.8) is 0 Å². The quantitative estimate of drug-likeness (QED) is 0.148. The first-order valence-electron chi connectivity index (χ1n) is 37.0. The van der Waals surface area contributed by atoms with Crippen LogP contribution < -0.4 is 0 Å². The van der Waals surface area contributed by atoms with Gasteiger partial charge in [0.25, 0.3) is 0 Å². The second-order valence-electron chi connectivity index (χ2n) is 23.5. The Hall–Kier alpha value is -9.69. The molecule has 0 unspecified atom stereocenters. The van der Waals surface area contributed by atoms with Gasteiger partial charge in [-0.25, -0.2) is 19.9 Å². The van der Waals surface area contributed by atoms with Gasteiger partial charge in [0.15, 0.2) is 5.65 Å². The van der Waals surface area contributed by atoms with Gasteiger partial charge in [0, 0.05) is 136 Å². The van der Waals surface area contributed by atoms with Crippen molar-refractivity contribution in [2.45, 2.75) is 194 Å². The number of pyridine rings is 5. The van der Waals surface area contributed by atoms with Gasteiger partial charge in [-0.3, -0.25) is 15.0 Å². The SMILES string of the molecule is CC.CC.CC.CC.CC.CC.CC.Cc1ccc2c3cccnc3n(C)c2c1C.Cc1cccc2cc(C)n(C)c12.Cc1cccc2nc(C)n(C)c12.Cc1ccnc2cc(C)n(C)c12.Cc1ccnc2nc(C)n(C)c12.Cc1cncc2cc(C)n(C)c12.Cc1nccc2cc(C)n(C)c12. The molecule has 0 aliphatic carbocycles. The highest BCUT2D eigenvalue weighted by Gasteiger charge is 2.13. The van der Waals surface area contributed by atoms with Crippen LogP contribution in [0.3, 0.4) is 0 Å². The molecule has 12 aromatic heterocycles. The molecule has 102 heavy (non-hydrogen) atoms. The van der Waals surface area contributed by atoms with Crippen molar-refractivity contribution in [3.8, 4) is 0 Å². The predicted molar refractivity (Wildman–Crippen MR) is 448 cm³/mol. The van der Waals surface area contributed by atoms with E-state index in [1.165, 1.54) is 122 Å². The Bertz CT molecular complexity index is 4360. The monoisotopic (exact) mass is 1380 g/mol. The number of rotatable bonds is 0. The Labute approximate surface area is 614 Å². The molecule has 0 atom stereocenters. The van der Waals surface area contributed by atoms with E-state index in [1.54, 1.807) is 6.20 Å². The summed E-state index contributed by atoms with van der Waals surface area (Å²) in [6, 6.07) is 35.9. The fourth-order valence-corrected chi connectivity index (χ4v) is 12.0. The molecule has 0 N–H and O–H groups in total.